The van der Waals surface area contributed by atoms with Crippen molar-refractivity contribution in [3.05, 3.63) is 64.1 Å². The van der Waals surface area contributed by atoms with Crippen LogP contribution in [-0.4, -0.2) is 50.3 Å². The number of aliphatic carboxylic acids is 1. The number of hydrogen-bond acceptors (Lipinski definition) is 7. The molecule has 1 atom stereocenters. The van der Waals surface area contributed by atoms with Crippen molar-refractivity contribution in [3.8, 4) is 11.4 Å². The van der Waals surface area contributed by atoms with E-state index in [0.29, 0.717) is 34.7 Å². The Bertz CT molecular complexity index is 1220. The highest BCUT2D eigenvalue weighted by atomic mass is 32.1. The van der Waals surface area contributed by atoms with Gasteiger partial charge in [0.1, 0.15) is 5.75 Å². The Kier molecular flexibility index (Phi) is 7.11. The number of carbonyl (C=O) groups is 1. The second-order valence-electron chi connectivity index (χ2n) is 7.61. The van der Waals surface area contributed by atoms with Crippen molar-refractivity contribution in [3.63, 3.8) is 0 Å². The number of aliphatic hydroxyl groups is 1. The normalized spacial score (nSPS) is 15.2. The van der Waals surface area contributed by atoms with Crippen molar-refractivity contribution in [2.45, 2.75) is 25.4 Å². The molecular formula is C22H24N5O4S2. The number of nitrogens with one attached hydrogen (secondary N) is 3. The van der Waals surface area contributed by atoms with Crippen LogP contribution in [0.5, 0.6) is 5.75 Å². The van der Waals surface area contributed by atoms with E-state index in [1.807, 2.05) is 47.4 Å². The summed E-state index contributed by atoms with van der Waals surface area (Å²) in [6.07, 6.45) is 0.449. The van der Waals surface area contributed by atoms with Crippen LogP contribution < -0.4 is 15.0 Å². The topological polar surface area (TPSA) is 119 Å². The van der Waals surface area contributed by atoms with Crippen LogP contribution in [0.1, 0.15) is 18.4 Å². The van der Waals surface area contributed by atoms with Gasteiger partial charge in [0, 0.05) is 30.8 Å². The molecular weight excluding hydrogens is 462 g/mol. The Morgan fingerprint density at radius 1 is 1.18 bits per heavy atom. The summed E-state index contributed by atoms with van der Waals surface area (Å²) in [4.78, 5) is 12.7. The number of fused-ring (bicyclic) bond motifs is 1. The lowest BCUT2D eigenvalue weighted by Crippen LogP contribution is -2.34. The molecule has 1 radical (unpaired) electrons. The Morgan fingerprint density at radius 3 is 2.73 bits per heavy atom. The standard InChI is InChI=1S/C22H24N5O4S2/c28-17-9-14-10-18(6-7-19(14)26(12-17)8-2-5-20(29)30)31-13-23-15-3-1-4-16(11-15)27-21(32)24-25-22(27)33/h1,3-4,6-7,10-12,17,23,28H,2,5,8-9,13H2,(H,24,32)(H,25,33)(H,29,30). The van der Waals surface area contributed by atoms with E-state index in [-0.39, 0.29) is 13.2 Å². The van der Waals surface area contributed by atoms with Crippen LogP contribution in [0.25, 0.3) is 5.69 Å². The van der Waals surface area contributed by atoms with Gasteiger partial charge >= 0.3 is 5.97 Å². The summed E-state index contributed by atoms with van der Waals surface area (Å²) in [5.41, 5.74) is 3.58. The number of aromatic nitrogens is 3. The first-order valence-corrected chi connectivity index (χ1v) is 11.2. The number of anilines is 2. The first-order chi connectivity index (χ1) is 15.9. The molecule has 1 unspecified atom stereocenters. The van der Waals surface area contributed by atoms with Crippen LogP contribution in [0.4, 0.5) is 11.4 Å². The minimum absolute atomic E-state index is 0.0895. The van der Waals surface area contributed by atoms with Gasteiger partial charge in [0.25, 0.3) is 0 Å². The maximum absolute atomic E-state index is 10.8. The smallest absolute Gasteiger partial charge is 0.303 e. The minimum atomic E-state index is -0.825. The van der Waals surface area contributed by atoms with E-state index in [4.69, 9.17) is 34.3 Å². The third kappa shape index (κ3) is 5.62. The van der Waals surface area contributed by atoms with E-state index >= 15 is 0 Å². The molecule has 2 aromatic carbocycles. The van der Waals surface area contributed by atoms with Gasteiger partial charge in [-0.25, -0.2) is 0 Å². The van der Waals surface area contributed by atoms with Crippen molar-refractivity contribution in [2.75, 3.05) is 23.5 Å². The number of hydrogen-bond donors (Lipinski definition) is 5. The molecule has 1 aromatic heterocycles. The molecule has 5 N–H and O–H groups in total. The Labute approximate surface area is 200 Å². The number of aliphatic hydroxyl groups excluding tert-OH is 1. The first kappa shape index (κ1) is 23.0. The van der Waals surface area contributed by atoms with Crippen LogP contribution in [0.3, 0.4) is 0 Å². The van der Waals surface area contributed by atoms with Gasteiger partial charge in [-0.3, -0.25) is 19.6 Å². The molecule has 0 bridgehead atoms. The van der Waals surface area contributed by atoms with Crippen LogP contribution in [0, 0.1) is 16.1 Å². The number of rotatable bonds is 9. The fourth-order valence-electron chi connectivity index (χ4n) is 3.76. The molecule has 173 valence electrons. The maximum atomic E-state index is 10.8. The van der Waals surface area contributed by atoms with Gasteiger partial charge in [-0.15, -0.1) is 0 Å². The molecule has 0 saturated heterocycles. The summed E-state index contributed by atoms with van der Waals surface area (Å²) in [5.74, 6) is -0.152. The highest BCUT2D eigenvalue weighted by molar-refractivity contribution is 7.72. The van der Waals surface area contributed by atoms with Gasteiger partial charge < -0.3 is 25.2 Å². The maximum Gasteiger partial charge on any atom is 0.303 e. The second kappa shape index (κ2) is 10.2. The summed E-state index contributed by atoms with van der Waals surface area (Å²) in [6, 6.07) is 13.4. The van der Waals surface area contributed by atoms with Crippen molar-refractivity contribution in [1.82, 2.24) is 14.8 Å². The lowest BCUT2D eigenvalue weighted by molar-refractivity contribution is -0.137. The average molecular weight is 487 g/mol. The fraction of sp³-hybridized carbons (Fsp3) is 0.273. The number of carboxylic acids is 1. The highest BCUT2D eigenvalue weighted by Gasteiger charge is 2.23. The predicted octanol–water partition coefficient (Wildman–Crippen LogP) is 3.79. The van der Waals surface area contributed by atoms with E-state index in [2.05, 4.69) is 15.5 Å². The first-order valence-electron chi connectivity index (χ1n) is 10.4. The Balaban J connectivity index is 1.39. The van der Waals surface area contributed by atoms with Gasteiger partial charge in [0.15, 0.2) is 16.3 Å². The predicted molar refractivity (Wildman–Crippen MR) is 130 cm³/mol. The third-order valence-corrected chi connectivity index (χ3v) is 5.80. The number of aromatic amines is 2. The summed E-state index contributed by atoms with van der Waals surface area (Å²) in [5, 5.41) is 27.9. The molecule has 2 heterocycles. The molecule has 3 aromatic rings. The van der Waals surface area contributed by atoms with Crippen LogP contribution in [0.15, 0.2) is 42.5 Å². The van der Waals surface area contributed by atoms with Crippen LogP contribution in [0.2, 0.25) is 0 Å². The number of carboxylic acid groups (broad SMARTS) is 1. The zero-order valence-corrected chi connectivity index (χ0v) is 19.3. The lowest BCUT2D eigenvalue weighted by atomic mass is 9.99. The number of H-pyrrole nitrogens is 2. The minimum Gasteiger partial charge on any atom is -0.481 e. The number of nitrogens with zero attached hydrogens (tertiary/aromatic N) is 2. The van der Waals surface area contributed by atoms with E-state index in [0.717, 1.165) is 22.6 Å². The molecule has 11 heteroatoms. The van der Waals surface area contributed by atoms with Crippen molar-refractivity contribution in [2.24, 2.45) is 0 Å². The van der Waals surface area contributed by atoms with Crippen molar-refractivity contribution < 1.29 is 19.7 Å². The van der Waals surface area contributed by atoms with Gasteiger partial charge in [0.05, 0.1) is 18.3 Å². The third-order valence-electron chi connectivity index (χ3n) is 5.23. The number of ether oxygens (including phenoxy) is 1. The molecule has 0 fully saturated rings. The van der Waals surface area contributed by atoms with Crippen LogP contribution in [-0.2, 0) is 11.2 Å². The lowest BCUT2D eigenvalue weighted by Gasteiger charge is -2.33. The molecule has 0 aliphatic carbocycles. The molecule has 33 heavy (non-hydrogen) atoms. The molecule has 0 spiro atoms. The fourth-order valence-corrected chi connectivity index (χ4v) is 4.31. The Morgan fingerprint density at radius 2 is 1.97 bits per heavy atom. The molecule has 1 aliphatic heterocycles. The monoisotopic (exact) mass is 486 g/mol. The zero-order valence-electron chi connectivity index (χ0n) is 17.7. The summed E-state index contributed by atoms with van der Waals surface area (Å²) < 4.78 is 8.57. The number of benzene rings is 2. The van der Waals surface area contributed by atoms with E-state index < -0.39 is 12.1 Å². The second-order valence-corrected chi connectivity index (χ2v) is 8.39. The average Bonchev–Trinajstić information content (AvgIpc) is 3.11. The molecule has 0 amide bonds. The van der Waals surface area contributed by atoms with E-state index in [1.54, 1.807) is 11.1 Å². The van der Waals surface area contributed by atoms with E-state index in [1.165, 1.54) is 0 Å². The summed E-state index contributed by atoms with van der Waals surface area (Å²) in [6.45, 7) is 2.51. The van der Waals surface area contributed by atoms with Gasteiger partial charge in [-0.05, 0) is 72.8 Å². The van der Waals surface area contributed by atoms with Crippen LogP contribution >= 0.6 is 24.4 Å². The quantitative estimate of drug-likeness (QED) is 0.229. The molecule has 9 nitrogen and oxygen atoms in total. The van der Waals surface area contributed by atoms with Gasteiger partial charge in [-0.1, -0.05) is 6.07 Å². The van der Waals surface area contributed by atoms with Gasteiger partial charge in [-0.2, -0.15) is 0 Å². The molecule has 1 aliphatic rings. The van der Waals surface area contributed by atoms with E-state index in [9.17, 15) is 9.90 Å². The zero-order chi connectivity index (χ0) is 23.4. The largest absolute Gasteiger partial charge is 0.481 e. The SMILES string of the molecule is O=C(O)CCCN1[CH]C(O)Cc2cc(OCNc3cccc(-n4c(=S)[nH][nH]c4=S)c3)ccc21. The van der Waals surface area contributed by atoms with Crippen molar-refractivity contribution in [1.29, 1.82) is 0 Å². The summed E-state index contributed by atoms with van der Waals surface area (Å²) >= 11 is 10.5. The van der Waals surface area contributed by atoms with Gasteiger partial charge in [0.2, 0.25) is 0 Å². The Hall–Kier alpha value is -3.15. The summed E-state index contributed by atoms with van der Waals surface area (Å²) in [7, 11) is 0. The highest BCUT2D eigenvalue weighted by Crippen LogP contribution is 2.32. The molecule has 0 saturated carbocycles. The molecule has 4 rings (SSSR count). The van der Waals surface area contributed by atoms with Crippen molar-refractivity contribution >= 4 is 41.8 Å².